The lowest BCUT2D eigenvalue weighted by Crippen LogP contribution is -2.63. The summed E-state index contributed by atoms with van der Waals surface area (Å²) >= 11 is 0. The van der Waals surface area contributed by atoms with E-state index in [1.165, 1.54) is 31.2 Å². The van der Waals surface area contributed by atoms with E-state index in [4.69, 9.17) is 28.4 Å². The van der Waals surface area contributed by atoms with Crippen molar-refractivity contribution in [3.63, 3.8) is 0 Å². The Kier molecular flexibility index (Phi) is 11.0. The summed E-state index contributed by atoms with van der Waals surface area (Å²) in [5.41, 5.74) is 0.999. The molecule has 0 aromatic heterocycles. The second-order valence-electron chi connectivity index (χ2n) is 11.2. The summed E-state index contributed by atoms with van der Waals surface area (Å²) in [4.78, 5) is 47.9. The van der Waals surface area contributed by atoms with Crippen molar-refractivity contribution >= 4 is 23.6 Å². The van der Waals surface area contributed by atoms with Gasteiger partial charge in [-0.3, -0.25) is 24.5 Å². The van der Waals surface area contributed by atoms with Crippen LogP contribution in [-0.4, -0.2) is 60.1 Å². The van der Waals surface area contributed by atoms with Crippen molar-refractivity contribution in [1.82, 2.24) is 0 Å². The van der Waals surface area contributed by atoms with Gasteiger partial charge in [0.05, 0.1) is 11.5 Å². The number of hydrogen-bond donors (Lipinski definition) is 0. The molecule has 1 aliphatic heterocycles. The van der Waals surface area contributed by atoms with Gasteiger partial charge in [0.2, 0.25) is 12.4 Å². The summed E-state index contributed by atoms with van der Waals surface area (Å²) in [5, 5.41) is 11.2. The number of non-ortho nitro benzene ring substituents is 1. The molecule has 0 aliphatic carbocycles. The summed E-state index contributed by atoms with van der Waals surface area (Å²) < 4.78 is 36.3. The Hall–Kier alpha value is -5.59. The van der Waals surface area contributed by atoms with E-state index in [-0.39, 0.29) is 18.0 Å². The number of nitro groups is 1. The predicted molar refractivity (Wildman–Crippen MR) is 174 cm³/mol. The van der Waals surface area contributed by atoms with Gasteiger partial charge in [-0.1, -0.05) is 91.0 Å². The maximum atomic E-state index is 12.5. The van der Waals surface area contributed by atoms with E-state index in [1.807, 2.05) is 91.0 Å². The van der Waals surface area contributed by atoms with Crippen molar-refractivity contribution in [3.05, 3.63) is 142 Å². The summed E-state index contributed by atoms with van der Waals surface area (Å²) in [6, 6.07) is 33.8. The van der Waals surface area contributed by atoms with Gasteiger partial charge >= 0.3 is 17.9 Å². The van der Waals surface area contributed by atoms with Gasteiger partial charge in [-0.25, -0.2) is 0 Å². The maximum Gasteiger partial charge on any atom is 0.303 e. The molecule has 0 spiro atoms. The van der Waals surface area contributed by atoms with Crippen molar-refractivity contribution in [2.45, 2.75) is 57.1 Å². The van der Waals surface area contributed by atoms with Crippen molar-refractivity contribution in [3.8, 4) is 5.75 Å². The second-order valence-corrected chi connectivity index (χ2v) is 11.2. The summed E-state index contributed by atoms with van der Waals surface area (Å²) in [7, 11) is 0. The zero-order chi connectivity index (χ0) is 35.0. The van der Waals surface area contributed by atoms with Crippen LogP contribution in [0, 0.1) is 10.1 Å². The number of nitro benzene ring substituents is 1. The molecule has 1 fully saturated rings. The topological polar surface area (TPSA) is 150 Å². The lowest BCUT2D eigenvalue weighted by atomic mass is 9.80. The number of rotatable bonds is 12. The zero-order valence-electron chi connectivity index (χ0n) is 27.0. The van der Waals surface area contributed by atoms with E-state index in [9.17, 15) is 24.5 Å². The van der Waals surface area contributed by atoms with E-state index in [0.29, 0.717) is 0 Å². The van der Waals surface area contributed by atoms with E-state index < -0.39 is 59.1 Å². The largest absolute Gasteiger partial charge is 0.461 e. The molecule has 254 valence electrons. The highest BCUT2D eigenvalue weighted by Gasteiger charge is 2.54. The fourth-order valence-corrected chi connectivity index (χ4v) is 5.84. The molecule has 12 heteroatoms. The molecule has 0 unspecified atom stereocenters. The van der Waals surface area contributed by atoms with Gasteiger partial charge in [0, 0.05) is 32.9 Å². The number of ether oxygens (including phenoxy) is 6. The molecule has 0 amide bonds. The fraction of sp³-hybridized carbons (Fsp3) is 0.270. The molecule has 12 nitrogen and oxygen atoms in total. The van der Waals surface area contributed by atoms with Gasteiger partial charge < -0.3 is 28.4 Å². The average molecular weight is 670 g/mol. The molecule has 0 radical (unpaired) electrons. The molecule has 1 aliphatic rings. The predicted octanol–water partition coefficient (Wildman–Crippen LogP) is 5.50. The normalized spacial score (nSPS) is 20.4. The van der Waals surface area contributed by atoms with Crippen molar-refractivity contribution in [2.75, 3.05) is 6.61 Å². The van der Waals surface area contributed by atoms with Gasteiger partial charge in [-0.2, -0.15) is 0 Å². The minimum atomic E-state index is -1.44. The molecule has 0 N–H and O–H groups in total. The standard InChI is InChI=1S/C37H35NO11/c1-24(39)45-33-32(23-44-37(27-13-7-4-8-14-27,28-15-9-5-10-16-28)29-17-11-6-12-18-29)49-36(35(47-26(3)41)34(33)46-25(2)40)48-31-21-19-30(20-22-31)38(42)43/h4-22,32-36H,23H2,1-3H3/t32-,33-,34+,35-,36-/m1/s1. The van der Waals surface area contributed by atoms with Gasteiger partial charge in [0.1, 0.15) is 17.5 Å². The summed E-state index contributed by atoms with van der Waals surface area (Å²) in [6.45, 7) is 3.25. The van der Waals surface area contributed by atoms with E-state index in [0.717, 1.165) is 30.5 Å². The molecule has 5 rings (SSSR count). The molecule has 5 atom stereocenters. The third-order valence-corrected chi connectivity index (χ3v) is 7.80. The number of hydrogen-bond acceptors (Lipinski definition) is 11. The smallest absolute Gasteiger partial charge is 0.303 e. The Morgan fingerprint density at radius 2 is 1.08 bits per heavy atom. The molecule has 1 heterocycles. The lowest BCUT2D eigenvalue weighted by molar-refractivity contribution is -0.384. The summed E-state index contributed by atoms with van der Waals surface area (Å²) in [5.74, 6) is -2.09. The van der Waals surface area contributed by atoms with Crippen LogP contribution in [0.3, 0.4) is 0 Å². The minimum absolute atomic E-state index is 0.132. The first-order valence-electron chi connectivity index (χ1n) is 15.5. The second kappa shape index (κ2) is 15.5. The van der Waals surface area contributed by atoms with Crippen molar-refractivity contribution in [2.24, 2.45) is 0 Å². The van der Waals surface area contributed by atoms with Crippen LogP contribution in [0.15, 0.2) is 115 Å². The third kappa shape index (κ3) is 8.11. The van der Waals surface area contributed by atoms with Crippen molar-refractivity contribution < 1.29 is 47.7 Å². The first-order valence-corrected chi connectivity index (χ1v) is 15.5. The Balaban J connectivity index is 1.60. The number of nitrogens with zero attached hydrogens (tertiary/aromatic N) is 1. The highest BCUT2D eigenvalue weighted by molar-refractivity contribution is 5.68. The first-order chi connectivity index (χ1) is 23.6. The number of carbonyl (C=O) groups is 3. The van der Waals surface area contributed by atoms with Gasteiger partial charge in [0.25, 0.3) is 5.69 Å². The lowest BCUT2D eigenvalue weighted by Gasteiger charge is -2.45. The molecular weight excluding hydrogens is 634 g/mol. The average Bonchev–Trinajstić information content (AvgIpc) is 3.09. The van der Waals surface area contributed by atoms with Crippen LogP contribution in [0.25, 0.3) is 0 Å². The van der Waals surface area contributed by atoms with Gasteiger partial charge in [-0.15, -0.1) is 0 Å². The fourth-order valence-electron chi connectivity index (χ4n) is 5.84. The Bertz CT molecular complexity index is 1640. The van der Waals surface area contributed by atoms with Crippen molar-refractivity contribution in [1.29, 1.82) is 0 Å². The van der Waals surface area contributed by atoms with E-state index in [2.05, 4.69) is 0 Å². The van der Waals surface area contributed by atoms with Crippen LogP contribution in [0.2, 0.25) is 0 Å². The Morgan fingerprint density at radius 1 is 0.653 bits per heavy atom. The number of carbonyl (C=O) groups excluding carboxylic acids is 3. The van der Waals surface area contributed by atoms with Gasteiger partial charge in [0.15, 0.2) is 12.2 Å². The highest BCUT2D eigenvalue weighted by Crippen LogP contribution is 2.41. The molecule has 0 saturated carbocycles. The molecular formula is C37H35NO11. The number of benzene rings is 4. The van der Waals surface area contributed by atoms with Crippen LogP contribution >= 0.6 is 0 Å². The monoisotopic (exact) mass is 669 g/mol. The molecule has 49 heavy (non-hydrogen) atoms. The Morgan fingerprint density at radius 3 is 1.51 bits per heavy atom. The quantitative estimate of drug-likeness (QED) is 0.0618. The first kappa shape index (κ1) is 34.7. The number of esters is 3. The van der Waals surface area contributed by atoms with Crippen LogP contribution in [0.4, 0.5) is 5.69 Å². The van der Waals surface area contributed by atoms with E-state index in [1.54, 1.807) is 0 Å². The third-order valence-electron chi connectivity index (χ3n) is 7.80. The zero-order valence-corrected chi connectivity index (χ0v) is 27.0. The molecule has 4 aromatic rings. The highest BCUT2D eigenvalue weighted by atomic mass is 16.7. The summed E-state index contributed by atoms with van der Waals surface area (Å²) in [6.07, 6.45) is -6.72. The van der Waals surface area contributed by atoms with Gasteiger partial charge in [-0.05, 0) is 28.8 Å². The van der Waals surface area contributed by atoms with E-state index >= 15 is 0 Å². The van der Waals surface area contributed by atoms with Crippen LogP contribution in [0.1, 0.15) is 37.5 Å². The van der Waals surface area contributed by atoms with Crippen LogP contribution in [0.5, 0.6) is 5.75 Å². The Labute approximate surface area is 282 Å². The maximum absolute atomic E-state index is 12.5. The molecule has 4 aromatic carbocycles. The van der Waals surface area contributed by atoms with Crippen LogP contribution < -0.4 is 4.74 Å². The minimum Gasteiger partial charge on any atom is -0.461 e. The molecule has 1 saturated heterocycles. The van der Waals surface area contributed by atoms with Crippen LogP contribution in [-0.2, 0) is 43.7 Å². The molecule has 0 bridgehead atoms. The SMILES string of the molecule is CC(=O)O[C@@H]1[C@@H](OC(C)=O)[C@H](Oc2ccc([N+](=O)[O-])cc2)O[C@H](COC(c2ccccc2)(c2ccccc2)c2ccccc2)[C@H]1OC(C)=O.